The Morgan fingerprint density at radius 1 is 0.816 bits per heavy atom. The average molecular weight is 636 g/mol. The van der Waals surface area contributed by atoms with Crippen LogP contribution in [0.4, 0.5) is 13.2 Å². The average Bonchev–Trinajstić information content (AvgIpc) is 3.40. The van der Waals surface area contributed by atoms with Crippen LogP contribution in [0.25, 0.3) is 21.5 Å². The van der Waals surface area contributed by atoms with E-state index in [1.54, 1.807) is 0 Å². The van der Waals surface area contributed by atoms with Crippen LogP contribution in [0.3, 0.4) is 0 Å². The predicted octanol–water partition coefficient (Wildman–Crippen LogP) is 3.55. The summed E-state index contributed by atoms with van der Waals surface area (Å²) in [5.41, 5.74) is 2.46. The minimum atomic E-state index is -4.23. The summed E-state index contributed by atoms with van der Waals surface area (Å²) in [5.74, 6) is 0.518. The van der Waals surface area contributed by atoms with Gasteiger partial charge in [-0.25, -0.2) is 5.57 Å². The molecule has 1 aliphatic rings. The van der Waals surface area contributed by atoms with Crippen molar-refractivity contribution in [2.75, 3.05) is 0 Å². The van der Waals surface area contributed by atoms with Gasteiger partial charge in [0.25, 0.3) is 0 Å². The van der Waals surface area contributed by atoms with Gasteiger partial charge in [-0.1, -0.05) is 87.9 Å². The molecule has 6 heteroatoms. The Morgan fingerprint density at radius 2 is 1.26 bits per heavy atom. The summed E-state index contributed by atoms with van der Waals surface area (Å²) in [4.78, 5) is 0. The summed E-state index contributed by atoms with van der Waals surface area (Å²) in [6.07, 6.45) is 1.49. The van der Waals surface area contributed by atoms with E-state index in [1.165, 1.54) is 69.1 Å². The zero-order valence-electron chi connectivity index (χ0n) is 22.3. The molecule has 0 fully saturated rings. The Labute approximate surface area is 252 Å². The Kier molecular flexibility index (Phi) is 15.5. The smallest absolute Gasteiger partial charge is 0.0771 e. The van der Waals surface area contributed by atoms with Gasteiger partial charge in [-0.15, -0.1) is 39.7 Å². The minimum absolute atomic E-state index is 0. The Bertz CT molecular complexity index is 1260. The molecule has 1 atom stereocenters. The second-order valence-corrected chi connectivity index (χ2v) is 9.49. The maximum Gasteiger partial charge on any atom is -0.0771 e. The van der Waals surface area contributed by atoms with Gasteiger partial charge in [0, 0.05) is 0 Å². The number of fused-ring (bicyclic) bond motifs is 3. The Morgan fingerprint density at radius 3 is 1.58 bits per heavy atom. The molecule has 0 amide bonds. The standard InChI is InChI=1S/C13H9.C11H17.C7H4F3.CH2.2ClH.Zr/c1-3-7-12-10(5-1)9-11-6-2-4-8-13(11)12;1-8-6-9(2)10(7-8)11(3,4)5;8-7(9,10)6-4-2-1-3-5-6;;;;/h1-9H;7-8H,1-5H3;2-5H;1H2;2*1H;/q3*-1;;;;+2/p-2. The van der Waals surface area contributed by atoms with Crippen LogP contribution in [-0.4, -0.2) is 4.21 Å². The van der Waals surface area contributed by atoms with Crippen molar-refractivity contribution in [2.45, 2.75) is 40.8 Å². The molecule has 0 heterocycles. The molecule has 0 bridgehead atoms. The van der Waals surface area contributed by atoms with Gasteiger partial charge >= 0.3 is 34.6 Å². The van der Waals surface area contributed by atoms with Gasteiger partial charge in [0.2, 0.25) is 0 Å². The van der Waals surface area contributed by atoms with Crippen molar-refractivity contribution < 1.29 is 62.2 Å². The van der Waals surface area contributed by atoms with Gasteiger partial charge in [-0.2, -0.15) is 55.2 Å². The second kappa shape index (κ2) is 16.3. The normalized spacial score (nSPS) is 14.2. The van der Waals surface area contributed by atoms with Crippen molar-refractivity contribution in [3.63, 3.8) is 0 Å². The first-order valence-electron chi connectivity index (χ1n) is 11.7. The first-order chi connectivity index (χ1) is 17.0. The molecule has 0 spiro atoms. The number of hydrogen-bond donors (Lipinski definition) is 0. The van der Waals surface area contributed by atoms with E-state index in [0.717, 1.165) is 12.1 Å². The number of hydrogen-bond acceptors (Lipinski definition) is 0. The fraction of sp³-hybridized carbons (Fsp3) is 0.250. The summed E-state index contributed by atoms with van der Waals surface area (Å²) >= 11 is 1.30. The number of alkyl halides is 3. The molecule has 202 valence electrons. The van der Waals surface area contributed by atoms with E-state index in [-0.39, 0.29) is 24.8 Å². The van der Waals surface area contributed by atoms with E-state index in [9.17, 15) is 13.2 Å². The molecule has 0 aromatic heterocycles. The van der Waals surface area contributed by atoms with E-state index >= 15 is 0 Å². The van der Waals surface area contributed by atoms with E-state index in [4.69, 9.17) is 0 Å². The molecule has 1 unspecified atom stereocenters. The number of rotatable bonds is 0. The zero-order valence-corrected chi connectivity index (χ0v) is 26.2. The van der Waals surface area contributed by atoms with Crippen LogP contribution < -0.4 is 24.8 Å². The van der Waals surface area contributed by atoms with Crippen LogP contribution in [-0.2, 0) is 30.4 Å². The third-order valence-electron chi connectivity index (χ3n) is 5.64. The molecule has 0 radical (unpaired) electrons. The fourth-order valence-corrected chi connectivity index (χ4v) is 4.13. The van der Waals surface area contributed by atoms with Crippen molar-refractivity contribution in [3.05, 3.63) is 114 Å². The van der Waals surface area contributed by atoms with E-state index in [2.05, 4.69) is 112 Å². The van der Waals surface area contributed by atoms with Crippen molar-refractivity contribution >= 4 is 25.8 Å². The summed E-state index contributed by atoms with van der Waals surface area (Å²) in [5, 5.41) is 5.39. The zero-order chi connectivity index (χ0) is 26.9. The van der Waals surface area contributed by atoms with Crippen molar-refractivity contribution in [1.82, 2.24) is 0 Å². The molecule has 1 aliphatic carbocycles. The van der Waals surface area contributed by atoms with Crippen LogP contribution in [0, 0.1) is 23.5 Å². The van der Waals surface area contributed by atoms with E-state index in [0.29, 0.717) is 11.3 Å². The molecule has 4 aromatic rings. The third kappa shape index (κ3) is 10.4. The SMILES string of the molecule is CC1=[C-]C(C)C=C1C(C)(C)C.FC(F)(F)c1cc[c-]cc1.[CH2]=[Zr+2].[Cl-].[Cl-].c1ccc2c(c1)[cH-]c1ccccc12. The molecule has 0 saturated heterocycles. The maximum atomic E-state index is 11.8. The molecule has 0 N–H and O–H groups in total. The van der Waals surface area contributed by atoms with Crippen molar-refractivity contribution in [3.8, 4) is 0 Å². The first kappa shape index (κ1) is 36.1. The molecular weight excluding hydrogens is 603 g/mol. The maximum absolute atomic E-state index is 11.8. The van der Waals surface area contributed by atoms with E-state index in [1.807, 2.05) is 0 Å². The van der Waals surface area contributed by atoms with Crippen LogP contribution in [0.5, 0.6) is 0 Å². The molecule has 5 rings (SSSR count). The summed E-state index contributed by atoms with van der Waals surface area (Å²) in [6, 6.07) is 26.2. The minimum Gasteiger partial charge on any atom is -1.00 e. The molecule has 4 aromatic carbocycles. The largest absolute Gasteiger partial charge is 1.00 e. The Hall–Kier alpha value is -1.87. The molecule has 0 aliphatic heterocycles. The summed E-state index contributed by atoms with van der Waals surface area (Å²) in [6.45, 7) is 11.1. The van der Waals surface area contributed by atoms with Crippen LogP contribution >= 0.6 is 0 Å². The van der Waals surface area contributed by atoms with Gasteiger partial charge in [0.05, 0.1) is 0 Å². The predicted molar refractivity (Wildman–Crippen MR) is 144 cm³/mol. The van der Waals surface area contributed by atoms with E-state index < -0.39 is 11.7 Å². The summed E-state index contributed by atoms with van der Waals surface area (Å²) in [7, 11) is 0. The van der Waals surface area contributed by atoms with Gasteiger partial charge in [0.15, 0.2) is 0 Å². The molecule has 38 heavy (non-hydrogen) atoms. The third-order valence-corrected chi connectivity index (χ3v) is 5.64. The molecule has 0 nitrogen and oxygen atoms in total. The topological polar surface area (TPSA) is 0 Å². The van der Waals surface area contributed by atoms with Crippen molar-refractivity contribution in [1.29, 1.82) is 0 Å². The molecule has 0 saturated carbocycles. The summed E-state index contributed by atoms with van der Waals surface area (Å²) < 4.78 is 38.7. The fourth-order valence-electron chi connectivity index (χ4n) is 4.13. The van der Waals surface area contributed by atoms with Gasteiger partial charge < -0.3 is 24.8 Å². The second-order valence-electron chi connectivity index (χ2n) is 9.49. The quantitative estimate of drug-likeness (QED) is 0.260. The first-order valence-corrected chi connectivity index (χ1v) is 13.5. The van der Waals surface area contributed by atoms with Crippen molar-refractivity contribution in [2.24, 2.45) is 11.3 Å². The van der Waals surface area contributed by atoms with Crippen LogP contribution in [0.1, 0.15) is 40.2 Å². The van der Waals surface area contributed by atoms with Gasteiger partial charge in [0.1, 0.15) is 0 Å². The van der Waals surface area contributed by atoms with Gasteiger partial charge in [-0.05, 0) is 0 Å². The Balaban J connectivity index is 0.000000515. The molecular formula is C32H32Cl2F3Zr-3. The number of allylic oxidation sites excluding steroid dienone is 4. The number of benzene rings is 3. The monoisotopic (exact) mass is 633 g/mol. The van der Waals surface area contributed by atoms with Gasteiger partial charge in [-0.3, -0.25) is 6.08 Å². The van der Waals surface area contributed by atoms with Crippen LogP contribution in [0.15, 0.2) is 96.1 Å². The van der Waals surface area contributed by atoms with Crippen LogP contribution in [0.2, 0.25) is 0 Å². The number of halogens is 5.